The van der Waals surface area contributed by atoms with Crippen molar-refractivity contribution in [3.8, 4) is 11.8 Å². The van der Waals surface area contributed by atoms with Crippen LogP contribution in [0.3, 0.4) is 0 Å². The monoisotopic (exact) mass is 293 g/mol. The van der Waals surface area contributed by atoms with Gasteiger partial charge >= 0.3 is 5.97 Å². The summed E-state index contributed by atoms with van der Waals surface area (Å²) in [7, 11) is 0. The second kappa shape index (κ2) is 7.09. The zero-order chi connectivity index (χ0) is 15.9. The third kappa shape index (κ3) is 4.22. The lowest BCUT2D eigenvalue weighted by atomic mass is 10.1. The molecule has 2 rings (SSSR count). The quantitative estimate of drug-likeness (QED) is 0.676. The van der Waals surface area contributed by atoms with Gasteiger partial charge in [-0.2, -0.15) is 5.26 Å². The van der Waals surface area contributed by atoms with Crippen LogP contribution in [0.2, 0.25) is 0 Å². The number of aryl methyl sites for hydroxylation is 1. The number of carboxylic acids is 1. The minimum absolute atomic E-state index is 0.309. The Morgan fingerprint density at radius 1 is 1.27 bits per heavy atom. The molecule has 0 aliphatic rings. The van der Waals surface area contributed by atoms with Crippen molar-refractivity contribution in [1.29, 1.82) is 5.26 Å². The molecule has 0 spiro atoms. The molecule has 0 radical (unpaired) electrons. The summed E-state index contributed by atoms with van der Waals surface area (Å²) in [6.45, 7) is 2.45. The molecule has 1 N–H and O–H groups in total. The van der Waals surface area contributed by atoms with Crippen LogP contribution < -0.4 is 4.74 Å². The Kier molecular flexibility index (Phi) is 4.94. The fraction of sp³-hybridized carbons (Fsp3) is 0.111. The lowest BCUT2D eigenvalue weighted by Gasteiger charge is -2.07. The van der Waals surface area contributed by atoms with E-state index >= 15 is 0 Å². The third-order valence-electron chi connectivity index (χ3n) is 3.01. The highest BCUT2D eigenvalue weighted by atomic mass is 16.5. The summed E-state index contributed by atoms with van der Waals surface area (Å²) in [5.41, 5.74) is 2.53. The van der Waals surface area contributed by atoms with Gasteiger partial charge < -0.3 is 9.84 Å². The van der Waals surface area contributed by atoms with Gasteiger partial charge in [0.15, 0.2) is 0 Å². The van der Waals surface area contributed by atoms with Crippen molar-refractivity contribution in [3.63, 3.8) is 0 Å². The number of ether oxygens (including phenoxy) is 1. The first-order valence-corrected chi connectivity index (χ1v) is 6.72. The Balaban J connectivity index is 2.12. The van der Waals surface area contributed by atoms with Crippen molar-refractivity contribution >= 4 is 12.0 Å². The summed E-state index contributed by atoms with van der Waals surface area (Å²) in [6.07, 6.45) is 1.32. The molecule has 0 fully saturated rings. The van der Waals surface area contributed by atoms with Crippen LogP contribution in [0.1, 0.15) is 16.7 Å². The standard InChI is InChI=1S/C18H15NO3/c1-13-4-2-6-15(8-13)12-22-17-7-3-5-14(10-17)9-16(11-19)18(20)21/h2-10H,12H2,1H3,(H,20,21). The fourth-order valence-corrected chi connectivity index (χ4v) is 1.97. The highest BCUT2D eigenvalue weighted by Crippen LogP contribution is 2.17. The highest BCUT2D eigenvalue weighted by molar-refractivity contribution is 5.96. The molecule has 0 aliphatic heterocycles. The van der Waals surface area contributed by atoms with Crippen LogP contribution in [-0.4, -0.2) is 11.1 Å². The minimum atomic E-state index is -1.24. The van der Waals surface area contributed by atoms with Gasteiger partial charge in [-0.25, -0.2) is 4.79 Å². The number of hydrogen-bond acceptors (Lipinski definition) is 3. The summed E-state index contributed by atoms with van der Waals surface area (Å²) >= 11 is 0. The Bertz CT molecular complexity index is 757. The Morgan fingerprint density at radius 3 is 2.73 bits per heavy atom. The number of carboxylic acid groups (broad SMARTS) is 1. The van der Waals surface area contributed by atoms with Gasteiger partial charge in [0, 0.05) is 0 Å². The largest absolute Gasteiger partial charge is 0.489 e. The maximum Gasteiger partial charge on any atom is 0.346 e. The van der Waals surface area contributed by atoms with E-state index in [0.29, 0.717) is 17.9 Å². The summed E-state index contributed by atoms with van der Waals surface area (Å²) in [6, 6.07) is 16.6. The molecule has 110 valence electrons. The van der Waals surface area contributed by atoms with Gasteiger partial charge in [-0.15, -0.1) is 0 Å². The number of rotatable bonds is 5. The predicted octanol–water partition coefficient (Wildman–Crippen LogP) is 3.57. The van der Waals surface area contributed by atoms with Crippen LogP contribution in [-0.2, 0) is 11.4 Å². The Morgan fingerprint density at radius 2 is 2.05 bits per heavy atom. The van der Waals surface area contributed by atoms with E-state index in [0.717, 1.165) is 11.1 Å². The molecular weight excluding hydrogens is 278 g/mol. The first-order valence-electron chi connectivity index (χ1n) is 6.72. The number of nitrogens with zero attached hydrogens (tertiary/aromatic N) is 1. The number of benzene rings is 2. The van der Waals surface area contributed by atoms with Crippen LogP contribution in [0.5, 0.6) is 5.75 Å². The molecule has 0 saturated heterocycles. The number of carbonyl (C=O) groups is 1. The Labute approximate surface area is 128 Å². The zero-order valence-corrected chi connectivity index (χ0v) is 12.1. The number of hydrogen-bond donors (Lipinski definition) is 1. The smallest absolute Gasteiger partial charge is 0.346 e. The molecule has 0 aliphatic carbocycles. The molecule has 4 nitrogen and oxygen atoms in total. The summed E-state index contributed by atoms with van der Waals surface area (Å²) < 4.78 is 5.70. The van der Waals surface area contributed by atoms with E-state index in [2.05, 4.69) is 0 Å². The summed E-state index contributed by atoms with van der Waals surface area (Å²) in [4.78, 5) is 10.8. The van der Waals surface area contributed by atoms with Crippen LogP contribution in [0.15, 0.2) is 54.1 Å². The second-order valence-electron chi connectivity index (χ2n) is 4.83. The van der Waals surface area contributed by atoms with Crippen molar-refractivity contribution in [2.75, 3.05) is 0 Å². The first kappa shape index (κ1) is 15.3. The average Bonchev–Trinajstić information content (AvgIpc) is 2.51. The summed E-state index contributed by atoms with van der Waals surface area (Å²) in [5.74, 6) is -0.619. The van der Waals surface area contributed by atoms with E-state index in [4.69, 9.17) is 15.1 Å². The predicted molar refractivity (Wildman–Crippen MR) is 83.2 cm³/mol. The minimum Gasteiger partial charge on any atom is -0.489 e. The van der Waals surface area contributed by atoms with E-state index in [-0.39, 0.29) is 5.57 Å². The SMILES string of the molecule is Cc1cccc(COc2cccc(C=C(C#N)C(=O)O)c2)c1. The van der Waals surface area contributed by atoms with E-state index in [1.54, 1.807) is 30.3 Å². The van der Waals surface area contributed by atoms with Crippen molar-refractivity contribution in [3.05, 3.63) is 70.8 Å². The topological polar surface area (TPSA) is 70.3 Å². The van der Waals surface area contributed by atoms with Gasteiger partial charge in [-0.3, -0.25) is 0 Å². The van der Waals surface area contributed by atoms with Crippen molar-refractivity contribution in [1.82, 2.24) is 0 Å². The van der Waals surface area contributed by atoms with Crippen LogP contribution in [0.25, 0.3) is 6.08 Å². The molecule has 0 heterocycles. The molecule has 0 unspecified atom stereocenters. The molecule has 2 aromatic rings. The highest BCUT2D eigenvalue weighted by Gasteiger charge is 2.06. The van der Waals surface area contributed by atoms with Crippen molar-refractivity contribution in [2.45, 2.75) is 13.5 Å². The molecule has 22 heavy (non-hydrogen) atoms. The van der Waals surface area contributed by atoms with E-state index < -0.39 is 5.97 Å². The molecule has 0 bridgehead atoms. The average molecular weight is 293 g/mol. The molecule has 4 heteroatoms. The van der Waals surface area contributed by atoms with Crippen molar-refractivity contribution in [2.24, 2.45) is 0 Å². The lowest BCUT2D eigenvalue weighted by Crippen LogP contribution is -1.98. The maximum atomic E-state index is 10.8. The Hall–Kier alpha value is -3.06. The van der Waals surface area contributed by atoms with Crippen LogP contribution in [0, 0.1) is 18.3 Å². The number of nitriles is 1. The molecule has 0 saturated carbocycles. The van der Waals surface area contributed by atoms with E-state index in [9.17, 15) is 4.79 Å². The fourth-order valence-electron chi connectivity index (χ4n) is 1.97. The van der Waals surface area contributed by atoms with Crippen molar-refractivity contribution < 1.29 is 14.6 Å². The van der Waals surface area contributed by atoms with Gasteiger partial charge in [0.05, 0.1) is 0 Å². The van der Waals surface area contributed by atoms with Gasteiger partial charge in [0.2, 0.25) is 0 Å². The van der Waals surface area contributed by atoms with Gasteiger partial charge in [0.25, 0.3) is 0 Å². The maximum absolute atomic E-state index is 10.8. The van der Waals surface area contributed by atoms with Gasteiger partial charge in [-0.05, 0) is 36.3 Å². The lowest BCUT2D eigenvalue weighted by molar-refractivity contribution is -0.132. The molecule has 2 aromatic carbocycles. The van der Waals surface area contributed by atoms with Gasteiger partial charge in [-0.1, -0.05) is 42.0 Å². The molecule has 0 amide bonds. The molecule has 0 aromatic heterocycles. The van der Waals surface area contributed by atoms with Gasteiger partial charge in [0.1, 0.15) is 24.0 Å². The molecular formula is C18H15NO3. The summed E-state index contributed by atoms with van der Waals surface area (Å²) in [5, 5.41) is 17.6. The third-order valence-corrected chi connectivity index (χ3v) is 3.01. The number of aliphatic carboxylic acids is 1. The van der Waals surface area contributed by atoms with Crippen LogP contribution >= 0.6 is 0 Å². The van der Waals surface area contributed by atoms with Crippen LogP contribution in [0.4, 0.5) is 0 Å². The second-order valence-corrected chi connectivity index (χ2v) is 4.83. The zero-order valence-electron chi connectivity index (χ0n) is 12.1. The normalized spacial score (nSPS) is 10.8. The molecule has 0 atom stereocenters. The van der Waals surface area contributed by atoms with E-state index in [1.807, 2.05) is 31.2 Å². The first-order chi connectivity index (χ1) is 10.6. The van der Waals surface area contributed by atoms with E-state index in [1.165, 1.54) is 6.08 Å².